The fourth-order valence-electron chi connectivity index (χ4n) is 1.15. The SMILES string of the molecule is CCOC(=O)CC(O)C(O)c1ncc(Cl)cn1. The monoisotopic (exact) mass is 260 g/mol. The van der Waals surface area contributed by atoms with Gasteiger partial charge in [-0.25, -0.2) is 9.97 Å². The van der Waals surface area contributed by atoms with Crippen LogP contribution in [0.5, 0.6) is 0 Å². The zero-order valence-electron chi connectivity index (χ0n) is 9.21. The molecule has 0 radical (unpaired) electrons. The van der Waals surface area contributed by atoms with Gasteiger partial charge in [-0.1, -0.05) is 11.6 Å². The molecular formula is C10H13ClN2O4. The number of esters is 1. The van der Waals surface area contributed by atoms with E-state index in [1.165, 1.54) is 12.4 Å². The van der Waals surface area contributed by atoms with Crippen molar-refractivity contribution in [3.63, 3.8) is 0 Å². The number of hydrogen-bond acceptors (Lipinski definition) is 6. The van der Waals surface area contributed by atoms with Crippen LogP contribution in [-0.2, 0) is 9.53 Å². The Balaban J connectivity index is 2.60. The van der Waals surface area contributed by atoms with Crippen LogP contribution in [0, 0.1) is 0 Å². The Bertz CT molecular complexity index is 371. The molecule has 0 aromatic carbocycles. The molecule has 0 saturated carbocycles. The maximum atomic E-state index is 11.1. The van der Waals surface area contributed by atoms with Crippen LogP contribution in [0.3, 0.4) is 0 Å². The van der Waals surface area contributed by atoms with Gasteiger partial charge in [0.15, 0.2) is 5.82 Å². The van der Waals surface area contributed by atoms with Crippen molar-refractivity contribution in [1.29, 1.82) is 0 Å². The Morgan fingerprint density at radius 2 is 2.06 bits per heavy atom. The molecule has 1 aromatic heterocycles. The second-order valence-corrected chi connectivity index (χ2v) is 3.72. The largest absolute Gasteiger partial charge is 0.466 e. The molecule has 0 aliphatic heterocycles. The third kappa shape index (κ3) is 4.26. The summed E-state index contributed by atoms with van der Waals surface area (Å²) in [6.07, 6.45) is -0.387. The maximum Gasteiger partial charge on any atom is 0.308 e. The lowest BCUT2D eigenvalue weighted by molar-refractivity contribution is -0.147. The normalized spacial score (nSPS) is 14.1. The van der Waals surface area contributed by atoms with E-state index in [0.29, 0.717) is 5.02 Å². The van der Waals surface area contributed by atoms with Crippen molar-refractivity contribution in [1.82, 2.24) is 9.97 Å². The molecule has 0 saturated heterocycles. The second-order valence-electron chi connectivity index (χ2n) is 3.28. The predicted molar refractivity (Wildman–Crippen MR) is 59.3 cm³/mol. The summed E-state index contributed by atoms with van der Waals surface area (Å²) < 4.78 is 4.65. The quantitative estimate of drug-likeness (QED) is 0.748. The minimum atomic E-state index is -1.35. The fourth-order valence-corrected chi connectivity index (χ4v) is 1.25. The zero-order valence-corrected chi connectivity index (χ0v) is 9.96. The predicted octanol–water partition coefficient (Wildman–Crippen LogP) is 0.477. The van der Waals surface area contributed by atoms with Crippen molar-refractivity contribution >= 4 is 17.6 Å². The van der Waals surface area contributed by atoms with Crippen LogP contribution in [0.2, 0.25) is 5.02 Å². The number of hydrogen-bond donors (Lipinski definition) is 2. The topological polar surface area (TPSA) is 92.5 Å². The summed E-state index contributed by atoms with van der Waals surface area (Å²) in [5, 5.41) is 19.6. The van der Waals surface area contributed by atoms with Crippen LogP contribution >= 0.6 is 11.6 Å². The van der Waals surface area contributed by atoms with Crippen molar-refractivity contribution in [2.75, 3.05) is 6.61 Å². The van der Waals surface area contributed by atoms with Crippen LogP contribution in [0.25, 0.3) is 0 Å². The summed E-state index contributed by atoms with van der Waals surface area (Å²) in [4.78, 5) is 18.6. The summed E-state index contributed by atoms with van der Waals surface area (Å²) in [7, 11) is 0. The Kier molecular flexibility index (Phi) is 5.27. The van der Waals surface area contributed by atoms with Gasteiger partial charge >= 0.3 is 5.97 Å². The Labute approximate surface area is 103 Å². The molecule has 7 heteroatoms. The van der Waals surface area contributed by atoms with Crippen molar-refractivity contribution in [3.8, 4) is 0 Å². The van der Waals surface area contributed by atoms with E-state index in [4.69, 9.17) is 11.6 Å². The molecule has 0 bridgehead atoms. The number of rotatable bonds is 5. The first-order valence-electron chi connectivity index (χ1n) is 5.03. The van der Waals surface area contributed by atoms with Gasteiger partial charge in [0, 0.05) is 12.4 Å². The van der Waals surface area contributed by atoms with Gasteiger partial charge in [-0.15, -0.1) is 0 Å². The molecule has 94 valence electrons. The van der Waals surface area contributed by atoms with E-state index in [9.17, 15) is 15.0 Å². The van der Waals surface area contributed by atoms with Gasteiger partial charge in [-0.2, -0.15) is 0 Å². The van der Waals surface area contributed by atoms with Gasteiger partial charge in [0.25, 0.3) is 0 Å². The third-order valence-corrected chi connectivity index (χ3v) is 2.15. The molecule has 0 aliphatic rings. The second kappa shape index (κ2) is 6.48. The number of aromatic nitrogens is 2. The van der Waals surface area contributed by atoms with Crippen LogP contribution in [-0.4, -0.2) is 38.9 Å². The van der Waals surface area contributed by atoms with Crippen molar-refractivity contribution in [3.05, 3.63) is 23.2 Å². The number of halogens is 1. The number of aliphatic hydroxyl groups is 2. The van der Waals surface area contributed by atoms with Gasteiger partial charge in [-0.05, 0) is 6.92 Å². The highest BCUT2D eigenvalue weighted by Gasteiger charge is 2.24. The van der Waals surface area contributed by atoms with E-state index < -0.39 is 18.2 Å². The standard InChI is InChI=1S/C10H13ClN2O4/c1-2-17-8(15)3-7(14)9(16)10-12-4-6(11)5-13-10/h4-5,7,9,14,16H,2-3H2,1H3. The van der Waals surface area contributed by atoms with E-state index in [2.05, 4.69) is 14.7 Å². The molecule has 0 aliphatic carbocycles. The Morgan fingerprint density at radius 1 is 1.47 bits per heavy atom. The van der Waals surface area contributed by atoms with E-state index in [1.807, 2.05) is 0 Å². The van der Waals surface area contributed by atoms with E-state index in [1.54, 1.807) is 6.92 Å². The van der Waals surface area contributed by atoms with Crippen LogP contribution in [0.1, 0.15) is 25.3 Å². The van der Waals surface area contributed by atoms with Crippen LogP contribution < -0.4 is 0 Å². The first-order valence-corrected chi connectivity index (χ1v) is 5.41. The molecule has 1 heterocycles. The molecular weight excluding hydrogens is 248 g/mol. The molecule has 2 N–H and O–H groups in total. The summed E-state index contributed by atoms with van der Waals surface area (Å²) >= 11 is 5.58. The third-order valence-electron chi connectivity index (χ3n) is 1.95. The number of ether oxygens (including phenoxy) is 1. The summed E-state index contributed by atoms with van der Waals surface area (Å²) in [5.41, 5.74) is 0. The van der Waals surface area contributed by atoms with Crippen molar-refractivity contribution in [2.45, 2.75) is 25.6 Å². The highest BCUT2D eigenvalue weighted by atomic mass is 35.5. The molecule has 0 spiro atoms. The van der Waals surface area contributed by atoms with Gasteiger partial charge in [0.1, 0.15) is 6.10 Å². The summed E-state index contributed by atoms with van der Waals surface area (Å²) in [6.45, 7) is 1.88. The summed E-state index contributed by atoms with van der Waals surface area (Å²) in [5.74, 6) is -0.584. The average molecular weight is 261 g/mol. The Morgan fingerprint density at radius 3 is 2.59 bits per heavy atom. The van der Waals surface area contributed by atoms with Crippen molar-refractivity contribution < 1.29 is 19.7 Å². The highest BCUT2D eigenvalue weighted by Crippen LogP contribution is 2.16. The van der Waals surface area contributed by atoms with Crippen LogP contribution in [0.15, 0.2) is 12.4 Å². The lowest BCUT2D eigenvalue weighted by Crippen LogP contribution is -2.24. The molecule has 0 amide bonds. The molecule has 2 atom stereocenters. The van der Waals surface area contributed by atoms with Crippen LogP contribution in [0.4, 0.5) is 0 Å². The Hall–Kier alpha value is -1.24. The lowest BCUT2D eigenvalue weighted by Gasteiger charge is -2.15. The fraction of sp³-hybridized carbons (Fsp3) is 0.500. The average Bonchev–Trinajstić information content (AvgIpc) is 2.29. The van der Waals surface area contributed by atoms with Gasteiger partial charge in [-0.3, -0.25) is 4.79 Å². The number of carbonyl (C=O) groups is 1. The van der Waals surface area contributed by atoms with Crippen molar-refractivity contribution in [2.24, 2.45) is 0 Å². The summed E-state index contributed by atoms with van der Waals surface area (Å²) in [6, 6.07) is 0. The van der Waals surface area contributed by atoms with Gasteiger partial charge in [0.05, 0.1) is 24.2 Å². The van der Waals surface area contributed by atoms with Gasteiger partial charge < -0.3 is 14.9 Å². The van der Waals surface area contributed by atoms with E-state index >= 15 is 0 Å². The number of carbonyl (C=O) groups excluding carboxylic acids is 1. The molecule has 6 nitrogen and oxygen atoms in total. The molecule has 1 rings (SSSR count). The van der Waals surface area contributed by atoms with Gasteiger partial charge in [0.2, 0.25) is 0 Å². The number of aliphatic hydroxyl groups excluding tert-OH is 2. The smallest absolute Gasteiger partial charge is 0.308 e. The van der Waals surface area contributed by atoms with E-state index in [0.717, 1.165) is 0 Å². The highest BCUT2D eigenvalue weighted by molar-refractivity contribution is 6.30. The molecule has 17 heavy (non-hydrogen) atoms. The maximum absolute atomic E-state index is 11.1. The number of nitrogens with zero attached hydrogens (tertiary/aromatic N) is 2. The zero-order chi connectivity index (χ0) is 12.8. The molecule has 1 aromatic rings. The first kappa shape index (κ1) is 13.8. The molecule has 2 unspecified atom stereocenters. The first-order chi connectivity index (χ1) is 8.04. The lowest BCUT2D eigenvalue weighted by atomic mass is 10.1. The van der Waals surface area contributed by atoms with E-state index in [-0.39, 0.29) is 18.9 Å². The minimum Gasteiger partial charge on any atom is -0.466 e. The minimum absolute atomic E-state index is 0.00574. The molecule has 0 fully saturated rings.